The minimum absolute atomic E-state index is 0.0887. The van der Waals surface area contributed by atoms with E-state index in [1.807, 2.05) is 6.92 Å². The highest BCUT2D eigenvalue weighted by molar-refractivity contribution is 8.00. The van der Waals surface area contributed by atoms with Gasteiger partial charge in [-0.1, -0.05) is 17.7 Å². The zero-order chi connectivity index (χ0) is 20.3. The smallest absolute Gasteiger partial charge is 0.365 e. The zero-order valence-electron chi connectivity index (χ0n) is 15.7. The molecule has 0 saturated carbocycles. The number of amides is 2. The van der Waals surface area contributed by atoms with Gasteiger partial charge in [0.05, 0.1) is 0 Å². The Labute approximate surface area is 166 Å². The Morgan fingerprint density at radius 3 is 2.29 bits per heavy atom. The van der Waals surface area contributed by atoms with Gasteiger partial charge in [0.2, 0.25) is 0 Å². The highest BCUT2D eigenvalue weighted by Crippen LogP contribution is 2.37. The van der Waals surface area contributed by atoms with Gasteiger partial charge in [-0.05, 0) is 62.0 Å². The van der Waals surface area contributed by atoms with Crippen LogP contribution in [0.3, 0.4) is 0 Å². The number of benzene rings is 2. The van der Waals surface area contributed by atoms with Crippen LogP contribution >= 0.6 is 11.8 Å². The van der Waals surface area contributed by atoms with Gasteiger partial charge in [0.1, 0.15) is 0 Å². The molecule has 1 aliphatic rings. The number of halogens is 3. The summed E-state index contributed by atoms with van der Waals surface area (Å²) < 4.78 is 37.2. The molecular weight excluding hydrogens is 387 g/mol. The third-order valence-corrected chi connectivity index (χ3v) is 5.36. The quantitative estimate of drug-likeness (QED) is 0.694. The van der Waals surface area contributed by atoms with Crippen molar-refractivity contribution in [2.75, 3.05) is 29.9 Å². The van der Waals surface area contributed by atoms with E-state index in [2.05, 4.69) is 41.4 Å². The second-order valence-electron chi connectivity index (χ2n) is 6.83. The molecule has 8 heteroatoms. The number of hydrogen-bond acceptors (Lipinski definition) is 3. The number of carbonyl (C=O) groups is 1. The molecule has 1 atom stereocenters. The van der Waals surface area contributed by atoms with Gasteiger partial charge in [-0.25, -0.2) is 4.79 Å². The average Bonchev–Trinajstić information content (AvgIpc) is 2.63. The number of anilines is 2. The summed E-state index contributed by atoms with van der Waals surface area (Å²) in [5, 5.41) is 2.76. The molecule has 2 amide bonds. The summed E-state index contributed by atoms with van der Waals surface area (Å²) in [7, 11) is 0. The lowest BCUT2D eigenvalue weighted by Gasteiger charge is -2.41. The van der Waals surface area contributed by atoms with Crippen molar-refractivity contribution < 1.29 is 18.0 Å². The SMILES string of the molecule is Cc1ccc(N2CCN(C(=O)Nc3ccc(SC(F)(F)F)cc3)CC2C)cc1. The normalized spacial score (nSPS) is 17.5. The van der Waals surface area contributed by atoms with Crippen molar-refractivity contribution in [3.05, 3.63) is 54.1 Å². The number of nitrogens with zero attached hydrogens (tertiary/aromatic N) is 2. The Morgan fingerprint density at radius 1 is 1.07 bits per heavy atom. The van der Waals surface area contributed by atoms with Gasteiger partial charge in [-0.3, -0.25) is 0 Å². The van der Waals surface area contributed by atoms with E-state index in [0.717, 1.165) is 12.2 Å². The first-order valence-electron chi connectivity index (χ1n) is 8.96. The fraction of sp³-hybridized carbons (Fsp3) is 0.350. The highest BCUT2D eigenvalue weighted by Gasteiger charge is 2.29. The van der Waals surface area contributed by atoms with Crippen LogP contribution in [0.5, 0.6) is 0 Å². The largest absolute Gasteiger partial charge is 0.446 e. The number of aryl methyl sites for hydroxylation is 1. The molecule has 2 aromatic rings. The molecule has 1 fully saturated rings. The number of nitrogens with one attached hydrogen (secondary N) is 1. The Kier molecular flexibility index (Phi) is 6.07. The number of hydrogen-bond donors (Lipinski definition) is 1. The van der Waals surface area contributed by atoms with E-state index in [0.29, 0.717) is 18.8 Å². The molecule has 1 unspecified atom stereocenters. The van der Waals surface area contributed by atoms with Gasteiger partial charge in [0.15, 0.2) is 0 Å². The standard InChI is InChI=1S/C20H22F3N3OS/c1-14-3-7-17(8-4-14)26-12-11-25(13-15(26)2)19(27)24-16-5-9-18(10-6-16)28-20(21,22)23/h3-10,15H,11-13H2,1-2H3,(H,24,27). The molecule has 1 aliphatic heterocycles. The fourth-order valence-corrected chi connectivity index (χ4v) is 3.74. The molecule has 4 nitrogen and oxygen atoms in total. The van der Waals surface area contributed by atoms with Crippen molar-refractivity contribution in [1.82, 2.24) is 4.90 Å². The molecule has 150 valence electrons. The topological polar surface area (TPSA) is 35.6 Å². The lowest BCUT2D eigenvalue weighted by molar-refractivity contribution is -0.0328. The van der Waals surface area contributed by atoms with Crippen molar-refractivity contribution in [3.8, 4) is 0 Å². The second-order valence-corrected chi connectivity index (χ2v) is 7.96. The van der Waals surface area contributed by atoms with E-state index in [1.54, 1.807) is 4.90 Å². The first-order valence-corrected chi connectivity index (χ1v) is 9.78. The predicted molar refractivity (Wildman–Crippen MR) is 107 cm³/mol. The summed E-state index contributed by atoms with van der Waals surface area (Å²) in [5.74, 6) is 0. The van der Waals surface area contributed by atoms with E-state index in [1.165, 1.54) is 29.8 Å². The monoisotopic (exact) mass is 409 g/mol. The Bertz CT molecular complexity index is 809. The maximum atomic E-state index is 12.5. The number of rotatable bonds is 3. The van der Waals surface area contributed by atoms with Crippen LogP contribution < -0.4 is 10.2 Å². The molecule has 0 radical (unpaired) electrons. The average molecular weight is 409 g/mol. The van der Waals surface area contributed by atoms with Crippen LogP contribution in [0.1, 0.15) is 12.5 Å². The first-order chi connectivity index (χ1) is 13.2. The van der Waals surface area contributed by atoms with Gasteiger partial charge >= 0.3 is 11.5 Å². The van der Waals surface area contributed by atoms with Gasteiger partial charge in [-0.15, -0.1) is 0 Å². The van der Waals surface area contributed by atoms with Crippen molar-refractivity contribution in [2.45, 2.75) is 30.3 Å². The van der Waals surface area contributed by atoms with E-state index in [9.17, 15) is 18.0 Å². The molecule has 1 heterocycles. The second kappa shape index (κ2) is 8.34. The summed E-state index contributed by atoms with van der Waals surface area (Å²) in [6.45, 7) is 5.98. The van der Waals surface area contributed by atoms with Crippen molar-refractivity contribution in [2.24, 2.45) is 0 Å². The molecule has 2 aromatic carbocycles. The van der Waals surface area contributed by atoms with Crippen LogP contribution in [0, 0.1) is 6.92 Å². The van der Waals surface area contributed by atoms with Crippen molar-refractivity contribution >= 4 is 29.2 Å². The minimum Gasteiger partial charge on any atom is -0.365 e. The Morgan fingerprint density at radius 2 is 1.71 bits per heavy atom. The molecule has 0 aromatic heterocycles. The molecule has 0 aliphatic carbocycles. The molecule has 0 bridgehead atoms. The van der Waals surface area contributed by atoms with Crippen LogP contribution in [0.4, 0.5) is 29.3 Å². The fourth-order valence-electron chi connectivity index (χ4n) is 3.20. The third-order valence-electron chi connectivity index (χ3n) is 4.62. The number of urea groups is 1. The Hall–Kier alpha value is -2.35. The van der Waals surface area contributed by atoms with E-state index in [-0.39, 0.29) is 28.7 Å². The van der Waals surface area contributed by atoms with Crippen molar-refractivity contribution in [3.63, 3.8) is 0 Å². The van der Waals surface area contributed by atoms with Crippen molar-refractivity contribution in [1.29, 1.82) is 0 Å². The predicted octanol–water partition coefficient (Wildman–Crippen LogP) is 5.35. The van der Waals surface area contributed by atoms with Crippen LogP contribution in [-0.2, 0) is 0 Å². The number of alkyl halides is 3. The van der Waals surface area contributed by atoms with Gasteiger partial charge in [0, 0.05) is 41.9 Å². The maximum Gasteiger partial charge on any atom is 0.446 e. The summed E-state index contributed by atoms with van der Waals surface area (Å²) in [6.07, 6.45) is 0. The summed E-state index contributed by atoms with van der Waals surface area (Å²) in [4.78, 5) is 16.6. The van der Waals surface area contributed by atoms with Gasteiger partial charge in [0.25, 0.3) is 0 Å². The van der Waals surface area contributed by atoms with Gasteiger partial charge in [-0.2, -0.15) is 13.2 Å². The van der Waals surface area contributed by atoms with E-state index < -0.39 is 5.51 Å². The lowest BCUT2D eigenvalue weighted by atomic mass is 10.1. The number of carbonyl (C=O) groups excluding carboxylic acids is 1. The summed E-state index contributed by atoms with van der Waals surface area (Å²) in [6, 6.07) is 13.9. The molecule has 0 spiro atoms. The van der Waals surface area contributed by atoms with Crippen LogP contribution in [-0.4, -0.2) is 42.1 Å². The lowest BCUT2D eigenvalue weighted by Crippen LogP contribution is -2.54. The van der Waals surface area contributed by atoms with Gasteiger partial charge < -0.3 is 15.1 Å². The third kappa shape index (κ3) is 5.34. The zero-order valence-corrected chi connectivity index (χ0v) is 16.5. The minimum atomic E-state index is -4.32. The summed E-state index contributed by atoms with van der Waals surface area (Å²) >= 11 is -0.173. The maximum absolute atomic E-state index is 12.5. The molecule has 1 saturated heterocycles. The van der Waals surface area contributed by atoms with Crippen LogP contribution in [0.15, 0.2) is 53.4 Å². The number of thioether (sulfide) groups is 1. The van der Waals surface area contributed by atoms with E-state index >= 15 is 0 Å². The van der Waals surface area contributed by atoms with Crippen LogP contribution in [0.2, 0.25) is 0 Å². The molecular formula is C20H22F3N3OS. The Balaban J connectivity index is 1.56. The first kappa shape index (κ1) is 20.4. The molecule has 28 heavy (non-hydrogen) atoms. The van der Waals surface area contributed by atoms with Crippen LogP contribution in [0.25, 0.3) is 0 Å². The molecule has 1 N–H and O–H groups in total. The molecule has 3 rings (SSSR count). The highest BCUT2D eigenvalue weighted by atomic mass is 32.2. The van der Waals surface area contributed by atoms with E-state index in [4.69, 9.17) is 0 Å². The number of piperazine rings is 1. The summed E-state index contributed by atoms with van der Waals surface area (Å²) in [5.41, 5.74) is -1.51.